The molecule has 0 fully saturated rings. The second kappa shape index (κ2) is 5.12. The summed E-state index contributed by atoms with van der Waals surface area (Å²) in [5.41, 5.74) is 6.22. The van der Waals surface area contributed by atoms with E-state index in [4.69, 9.17) is 0 Å². The van der Waals surface area contributed by atoms with E-state index in [0.717, 1.165) is 25.1 Å². The van der Waals surface area contributed by atoms with Crippen molar-refractivity contribution in [2.24, 2.45) is 0 Å². The van der Waals surface area contributed by atoms with Gasteiger partial charge in [0.1, 0.15) is 5.82 Å². The summed E-state index contributed by atoms with van der Waals surface area (Å²) in [6, 6.07) is 13.4. The number of hydrogen-bond donors (Lipinski definition) is 0. The SMILES string of the molecule is C=C1c2ccc(CCc3ccc(F)cc3)cc2CN1C. The van der Waals surface area contributed by atoms with Crippen LogP contribution in [0.2, 0.25) is 0 Å². The predicted octanol–water partition coefficient (Wildman–Crippen LogP) is 4.03. The van der Waals surface area contributed by atoms with Crippen molar-refractivity contribution in [3.8, 4) is 0 Å². The summed E-state index contributed by atoms with van der Waals surface area (Å²) < 4.78 is 12.9. The second-order valence-corrected chi connectivity index (χ2v) is 5.42. The Labute approximate surface area is 119 Å². The van der Waals surface area contributed by atoms with Crippen molar-refractivity contribution < 1.29 is 4.39 Å². The fraction of sp³-hybridized carbons (Fsp3) is 0.222. The van der Waals surface area contributed by atoms with Gasteiger partial charge in [-0.25, -0.2) is 4.39 Å². The van der Waals surface area contributed by atoms with E-state index in [0.29, 0.717) is 0 Å². The molecule has 0 aliphatic carbocycles. The molecule has 1 nitrogen and oxygen atoms in total. The minimum atomic E-state index is -0.173. The van der Waals surface area contributed by atoms with Crippen LogP contribution in [0.25, 0.3) is 5.70 Å². The first kappa shape index (κ1) is 12.9. The van der Waals surface area contributed by atoms with Crippen LogP contribution in [0.4, 0.5) is 4.39 Å². The summed E-state index contributed by atoms with van der Waals surface area (Å²) in [6.07, 6.45) is 1.92. The number of aryl methyl sites for hydroxylation is 2. The molecule has 1 aliphatic rings. The number of nitrogens with zero attached hydrogens (tertiary/aromatic N) is 1. The average molecular weight is 267 g/mol. The van der Waals surface area contributed by atoms with Crippen LogP contribution in [-0.2, 0) is 19.4 Å². The molecular formula is C18H18FN. The molecule has 0 spiro atoms. The lowest BCUT2D eigenvalue weighted by molar-refractivity contribution is 0.501. The van der Waals surface area contributed by atoms with Crippen LogP contribution in [0.15, 0.2) is 49.0 Å². The summed E-state index contributed by atoms with van der Waals surface area (Å²) in [7, 11) is 2.07. The molecule has 0 unspecified atom stereocenters. The molecule has 1 aliphatic heterocycles. The van der Waals surface area contributed by atoms with Gasteiger partial charge in [0.2, 0.25) is 0 Å². The molecule has 1 heterocycles. The van der Waals surface area contributed by atoms with Crippen molar-refractivity contribution in [1.29, 1.82) is 0 Å². The van der Waals surface area contributed by atoms with Gasteiger partial charge in [-0.1, -0.05) is 36.9 Å². The summed E-state index contributed by atoms with van der Waals surface area (Å²) in [4.78, 5) is 2.18. The van der Waals surface area contributed by atoms with Gasteiger partial charge in [-0.05, 0) is 41.7 Å². The van der Waals surface area contributed by atoms with Crippen molar-refractivity contribution in [2.45, 2.75) is 19.4 Å². The molecule has 0 atom stereocenters. The van der Waals surface area contributed by atoms with Crippen LogP contribution in [0, 0.1) is 5.82 Å². The largest absolute Gasteiger partial charge is 0.370 e. The van der Waals surface area contributed by atoms with E-state index in [-0.39, 0.29) is 5.82 Å². The van der Waals surface area contributed by atoms with Crippen LogP contribution in [0.3, 0.4) is 0 Å². The molecule has 2 heteroatoms. The fourth-order valence-electron chi connectivity index (χ4n) is 2.71. The van der Waals surface area contributed by atoms with Crippen LogP contribution in [0.5, 0.6) is 0 Å². The molecule has 20 heavy (non-hydrogen) atoms. The van der Waals surface area contributed by atoms with E-state index >= 15 is 0 Å². The summed E-state index contributed by atoms with van der Waals surface area (Å²) in [6.45, 7) is 5.04. The van der Waals surface area contributed by atoms with Gasteiger partial charge in [-0.2, -0.15) is 0 Å². The average Bonchev–Trinajstić information content (AvgIpc) is 2.73. The Bertz CT molecular complexity index is 643. The molecule has 2 aromatic carbocycles. The maximum atomic E-state index is 12.9. The van der Waals surface area contributed by atoms with Crippen molar-refractivity contribution >= 4 is 5.70 Å². The number of hydrogen-bond acceptors (Lipinski definition) is 1. The molecule has 0 aromatic heterocycles. The third-order valence-electron chi connectivity index (χ3n) is 3.96. The van der Waals surface area contributed by atoms with Crippen molar-refractivity contribution in [2.75, 3.05) is 7.05 Å². The molecule has 102 valence electrons. The summed E-state index contributed by atoms with van der Waals surface area (Å²) in [5.74, 6) is -0.173. The number of fused-ring (bicyclic) bond motifs is 1. The van der Waals surface area contributed by atoms with Crippen molar-refractivity contribution in [3.05, 3.63) is 77.1 Å². The van der Waals surface area contributed by atoms with Crippen LogP contribution < -0.4 is 0 Å². The quantitative estimate of drug-likeness (QED) is 0.811. The lowest BCUT2D eigenvalue weighted by atomic mass is 10.00. The minimum Gasteiger partial charge on any atom is -0.370 e. The van der Waals surface area contributed by atoms with Gasteiger partial charge in [0.25, 0.3) is 0 Å². The summed E-state index contributed by atoms with van der Waals surface area (Å²) >= 11 is 0. The van der Waals surface area contributed by atoms with Gasteiger partial charge in [-0.15, -0.1) is 0 Å². The van der Waals surface area contributed by atoms with Crippen molar-refractivity contribution in [1.82, 2.24) is 4.90 Å². The van der Waals surface area contributed by atoms with E-state index in [2.05, 4.69) is 36.7 Å². The second-order valence-electron chi connectivity index (χ2n) is 5.42. The van der Waals surface area contributed by atoms with Gasteiger partial charge < -0.3 is 4.90 Å². The van der Waals surface area contributed by atoms with Gasteiger partial charge in [0, 0.05) is 24.9 Å². The Morgan fingerprint density at radius 1 is 1.05 bits per heavy atom. The highest BCUT2D eigenvalue weighted by atomic mass is 19.1. The van der Waals surface area contributed by atoms with E-state index in [1.165, 1.54) is 34.4 Å². The summed E-state index contributed by atoms with van der Waals surface area (Å²) in [5, 5.41) is 0. The molecule has 0 N–H and O–H groups in total. The topological polar surface area (TPSA) is 3.24 Å². The number of halogens is 1. The monoisotopic (exact) mass is 267 g/mol. The zero-order chi connectivity index (χ0) is 14.1. The van der Waals surface area contributed by atoms with E-state index < -0.39 is 0 Å². The Balaban J connectivity index is 1.72. The third-order valence-corrected chi connectivity index (χ3v) is 3.96. The molecule has 0 saturated heterocycles. The van der Waals surface area contributed by atoms with Crippen LogP contribution >= 0.6 is 0 Å². The first-order chi connectivity index (χ1) is 9.63. The first-order valence-electron chi connectivity index (χ1n) is 6.90. The Hall–Kier alpha value is -2.09. The van der Waals surface area contributed by atoms with Gasteiger partial charge in [-0.3, -0.25) is 0 Å². The lowest BCUT2D eigenvalue weighted by Gasteiger charge is -2.10. The number of benzene rings is 2. The van der Waals surface area contributed by atoms with Gasteiger partial charge in [0.15, 0.2) is 0 Å². The van der Waals surface area contributed by atoms with Gasteiger partial charge >= 0.3 is 0 Å². The van der Waals surface area contributed by atoms with Crippen molar-refractivity contribution in [3.63, 3.8) is 0 Å². The van der Waals surface area contributed by atoms with Gasteiger partial charge in [0.05, 0.1) is 0 Å². The lowest BCUT2D eigenvalue weighted by Crippen LogP contribution is -2.05. The molecule has 0 bridgehead atoms. The van der Waals surface area contributed by atoms with Crippen LogP contribution in [-0.4, -0.2) is 11.9 Å². The number of rotatable bonds is 3. The van der Waals surface area contributed by atoms with E-state index in [9.17, 15) is 4.39 Å². The molecular weight excluding hydrogens is 249 g/mol. The highest BCUT2D eigenvalue weighted by Gasteiger charge is 2.18. The Morgan fingerprint density at radius 2 is 1.70 bits per heavy atom. The normalized spacial score (nSPS) is 13.7. The van der Waals surface area contributed by atoms with E-state index in [1.54, 1.807) is 0 Å². The Morgan fingerprint density at radius 3 is 2.45 bits per heavy atom. The van der Waals surface area contributed by atoms with E-state index in [1.807, 2.05) is 12.1 Å². The van der Waals surface area contributed by atoms with Crippen LogP contribution in [0.1, 0.15) is 22.3 Å². The first-order valence-corrected chi connectivity index (χ1v) is 6.90. The molecule has 0 radical (unpaired) electrons. The maximum Gasteiger partial charge on any atom is 0.123 e. The highest BCUT2D eigenvalue weighted by molar-refractivity contribution is 5.69. The third kappa shape index (κ3) is 2.46. The maximum absolute atomic E-state index is 12.9. The zero-order valence-electron chi connectivity index (χ0n) is 11.7. The molecule has 2 aromatic rings. The smallest absolute Gasteiger partial charge is 0.123 e. The fourth-order valence-corrected chi connectivity index (χ4v) is 2.71. The Kier molecular flexibility index (Phi) is 3.31. The molecule has 0 amide bonds. The highest BCUT2D eigenvalue weighted by Crippen LogP contribution is 2.30. The predicted molar refractivity (Wildman–Crippen MR) is 80.8 cm³/mol. The molecule has 0 saturated carbocycles. The minimum absolute atomic E-state index is 0.173. The standard InChI is InChI=1S/C18H18FN/c1-13-18-10-7-15(11-16(18)12-20(13)2)4-3-14-5-8-17(19)9-6-14/h5-11H,1,3-4,12H2,2H3. The zero-order valence-corrected chi connectivity index (χ0v) is 11.7. The molecule has 3 rings (SSSR count).